The fourth-order valence-corrected chi connectivity index (χ4v) is 0.953. The van der Waals surface area contributed by atoms with E-state index in [2.05, 4.69) is 16.0 Å². The molecule has 0 bridgehead atoms. The van der Waals surface area contributed by atoms with Crippen LogP contribution in [0.5, 0.6) is 0 Å². The molecule has 0 saturated heterocycles. The zero-order valence-corrected chi connectivity index (χ0v) is 9.72. The van der Waals surface area contributed by atoms with E-state index in [1.54, 1.807) is 6.92 Å². The molecule has 0 aliphatic rings. The van der Waals surface area contributed by atoms with E-state index in [-0.39, 0.29) is 11.9 Å². The first-order valence-corrected chi connectivity index (χ1v) is 5.43. The monoisotopic (exact) mass is 215 g/mol. The van der Waals surface area contributed by atoms with Crippen molar-refractivity contribution in [1.29, 1.82) is 0 Å². The second-order valence-corrected chi connectivity index (χ2v) is 3.41. The van der Waals surface area contributed by atoms with Gasteiger partial charge >= 0.3 is 6.03 Å². The van der Waals surface area contributed by atoms with Gasteiger partial charge in [0, 0.05) is 13.1 Å². The van der Waals surface area contributed by atoms with E-state index in [0.717, 1.165) is 12.8 Å². The van der Waals surface area contributed by atoms with Crippen LogP contribution in [0.2, 0.25) is 0 Å². The minimum atomic E-state index is -0.492. The van der Waals surface area contributed by atoms with Crippen LogP contribution >= 0.6 is 0 Å². The van der Waals surface area contributed by atoms with Crippen LogP contribution in [0.25, 0.3) is 0 Å². The first kappa shape index (κ1) is 13.7. The van der Waals surface area contributed by atoms with Crippen LogP contribution < -0.4 is 16.0 Å². The quantitative estimate of drug-likeness (QED) is 0.607. The molecule has 0 heterocycles. The Kier molecular flexibility index (Phi) is 7.40. The van der Waals surface area contributed by atoms with Crippen LogP contribution in [0.3, 0.4) is 0 Å². The zero-order valence-electron chi connectivity index (χ0n) is 9.72. The van der Waals surface area contributed by atoms with Crippen LogP contribution in [0, 0.1) is 0 Å². The van der Waals surface area contributed by atoms with Gasteiger partial charge in [-0.2, -0.15) is 0 Å². The molecule has 15 heavy (non-hydrogen) atoms. The molecule has 1 atom stereocenters. The summed E-state index contributed by atoms with van der Waals surface area (Å²) in [6.07, 6.45) is 1.77. The van der Waals surface area contributed by atoms with Crippen molar-refractivity contribution in [2.75, 3.05) is 13.1 Å². The van der Waals surface area contributed by atoms with E-state index in [1.807, 2.05) is 13.8 Å². The van der Waals surface area contributed by atoms with Crippen LogP contribution in [-0.4, -0.2) is 31.1 Å². The van der Waals surface area contributed by atoms with Gasteiger partial charge in [-0.15, -0.1) is 0 Å². The van der Waals surface area contributed by atoms with E-state index < -0.39 is 6.04 Å². The summed E-state index contributed by atoms with van der Waals surface area (Å²) < 4.78 is 0. The third kappa shape index (κ3) is 6.76. The largest absolute Gasteiger partial charge is 0.354 e. The highest BCUT2D eigenvalue weighted by Crippen LogP contribution is 1.83. The van der Waals surface area contributed by atoms with Crippen molar-refractivity contribution in [2.24, 2.45) is 0 Å². The maximum Gasteiger partial charge on any atom is 0.315 e. The molecule has 5 nitrogen and oxygen atoms in total. The molecule has 0 radical (unpaired) electrons. The van der Waals surface area contributed by atoms with E-state index >= 15 is 0 Å². The van der Waals surface area contributed by atoms with Crippen molar-refractivity contribution < 1.29 is 9.59 Å². The molecule has 0 rings (SSSR count). The standard InChI is InChI=1S/C10H21N3O2/c1-4-6-11-9(14)8(3)13-10(15)12-7-5-2/h8H,4-7H2,1-3H3,(H,11,14)(H2,12,13,15). The number of carbonyl (C=O) groups excluding carboxylic acids is 2. The van der Waals surface area contributed by atoms with Gasteiger partial charge in [-0.25, -0.2) is 4.79 Å². The Morgan fingerprint density at radius 1 is 1.07 bits per heavy atom. The van der Waals surface area contributed by atoms with Crippen LogP contribution in [0.4, 0.5) is 4.79 Å². The maximum absolute atomic E-state index is 11.4. The number of rotatable bonds is 6. The van der Waals surface area contributed by atoms with Crippen LogP contribution in [0.15, 0.2) is 0 Å². The molecule has 0 saturated carbocycles. The van der Waals surface area contributed by atoms with Crippen molar-refractivity contribution in [3.8, 4) is 0 Å². The first-order chi connectivity index (χ1) is 7.11. The minimum Gasteiger partial charge on any atom is -0.354 e. The van der Waals surface area contributed by atoms with E-state index in [1.165, 1.54) is 0 Å². The Morgan fingerprint density at radius 2 is 1.60 bits per heavy atom. The molecule has 0 aromatic heterocycles. The predicted molar refractivity (Wildman–Crippen MR) is 59.6 cm³/mol. The summed E-state index contributed by atoms with van der Waals surface area (Å²) in [5.74, 6) is -0.150. The summed E-state index contributed by atoms with van der Waals surface area (Å²) in [4.78, 5) is 22.5. The fraction of sp³-hybridized carbons (Fsp3) is 0.800. The van der Waals surface area contributed by atoms with Gasteiger partial charge in [0.1, 0.15) is 6.04 Å². The highest BCUT2D eigenvalue weighted by atomic mass is 16.2. The molecule has 0 aliphatic carbocycles. The smallest absolute Gasteiger partial charge is 0.315 e. The van der Waals surface area contributed by atoms with Gasteiger partial charge in [0.25, 0.3) is 0 Å². The number of amides is 3. The van der Waals surface area contributed by atoms with Crippen molar-refractivity contribution in [2.45, 2.75) is 39.7 Å². The molecule has 0 aliphatic heterocycles. The van der Waals surface area contributed by atoms with Crippen LogP contribution in [0.1, 0.15) is 33.6 Å². The third-order valence-corrected chi connectivity index (χ3v) is 1.83. The Labute approximate surface area is 91.0 Å². The molecule has 0 spiro atoms. The number of nitrogens with one attached hydrogen (secondary N) is 3. The van der Waals surface area contributed by atoms with E-state index in [9.17, 15) is 9.59 Å². The van der Waals surface area contributed by atoms with Crippen molar-refractivity contribution in [3.05, 3.63) is 0 Å². The van der Waals surface area contributed by atoms with Gasteiger partial charge in [-0.3, -0.25) is 4.79 Å². The molecule has 5 heteroatoms. The van der Waals surface area contributed by atoms with Gasteiger partial charge in [-0.05, 0) is 19.8 Å². The van der Waals surface area contributed by atoms with E-state index in [4.69, 9.17) is 0 Å². The molecule has 1 unspecified atom stereocenters. The Hall–Kier alpha value is -1.26. The lowest BCUT2D eigenvalue weighted by atomic mass is 10.3. The Bertz CT molecular complexity index is 207. The third-order valence-electron chi connectivity index (χ3n) is 1.83. The van der Waals surface area contributed by atoms with Crippen LogP contribution in [-0.2, 0) is 4.79 Å². The molecule has 88 valence electrons. The summed E-state index contributed by atoms with van der Waals surface area (Å²) in [7, 11) is 0. The SMILES string of the molecule is CCCNC(=O)NC(C)C(=O)NCCC. The first-order valence-electron chi connectivity index (χ1n) is 5.43. The average Bonchev–Trinajstić information content (AvgIpc) is 2.22. The topological polar surface area (TPSA) is 70.2 Å². The summed E-state index contributed by atoms with van der Waals surface area (Å²) in [5.41, 5.74) is 0. The number of urea groups is 1. The average molecular weight is 215 g/mol. The van der Waals surface area contributed by atoms with Gasteiger partial charge in [-0.1, -0.05) is 13.8 Å². The molecule has 3 N–H and O–H groups in total. The van der Waals surface area contributed by atoms with Gasteiger partial charge in [0.2, 0.25) is 5.91 Å². The summed E-state index contributed by atoms with van der Waals surface area (Å²) in [5, 5.41) is 7.92. The van der Waals surface area contributed by atoms with Gasteiger partial charge in [0.15, 0.2) is 0 Å². The molecule has 0 fully saturated rings. The number of carbonyl (C=O) groups is 2. The maximum atomic E-state index is 11.4. The van der Waals surface area contributed by atoms with Gasteiger partial charge in [0.05, 0.1) is 0 Å². The van der Waals surface area contributed by atoms with Crippen molar-refractivity contribution in [3.63, 3.8) is 0 Å². The van der Waals surface area contributed by atoms with E-state index in [0.29, 0.717) is 13.1 Å². The number of hydrogen-bond acceptors (Lipinski definition) is 2. The Morgan fingerprint density at radius 3 is 2.13 bits per heavy atom. The van der Waals surface area contributed by atoms with Gasteiger partial charge < -0.3 is 16.0 Å². The predicted octanol–water partition coefficient (Wildman–Crippen LogP) is 0.610. The highest BCUT2D eigenvalue weighted by Gasteiger charge is 2.13. The normalized spacial score (nSPS) is 11.7. The molecule has 0 aromatic carbocycles. The second kappa shape index (κ2) is 8.08. The highest BCUT2D eigenvalue weighted by molar-refractivity contribution is 5.86. The molecule has 0 aromatic rings. The summed E-state index contributed by atoms with van der Waals surface area (Å²) in [6, 6.07) is -0.788. The molecular weight excluding hydrogens is 194 g/mol. The minimum absolute atomic E-state index is 0.150. The van der Waals surface area contributed by atoms with Crippen molar-refractivity contribution in [1.82, 2.24) is 16.0 Å². The lowest BCUT2D eigenvalue weighted by Gasteiger charge is -2.14. The zero-order chi connectivity index (χ0) is 11.7. The van der Waals surface area contributed by atoms with Crippen molar-refractivity contribution >= 4 is 11.9 Å². The summed E-state index contributed by atoms with van der Waals surface area (Å²) in [6.45, 7) is 6.87. The molecular formula is C10H21N3O2. The lowest BCUT2D eigenvalue weighted by Crippen LogP contribution is -2.48. The number of hydrogen-bond donors (Lipinski definition) is 3. The Balaban J connectivity index is 3.75. The summed E-state index contributed by atoms with van der Waals surface area (Å²) >= 11 is 0. The molecule has 3 amide bonds. The fourth-order valence-electron chi connectivity index (χ4n) is 0.953. The lowest BCUT2D eigenvalue weighted by molar-refractivity contribution is -0.122. The second-order valence-electron chi connectivity index (χ2n) is 3.41.